The minimum Gasteiger partial charge on any atom is -0.367 e. The average Bonchev–Trinajstić information content (AvgIpc) is 2.93. The van der Waals surface area contributed by atoms with E-state index < -0.39 is 5.60 Å². The summed E-state index contributed by atoms with van der Waals surface area (Å²) in [5, 5.41) is 1.05. The van der Waals surface area contributed by atoms with Crippen LogP contribution in [-0.4, -0.2) is 79.1 Å². The van der Waals surface area contributed by atoms with Gasteiger partial charge in [-0.1, -0.05) is 61.3 Å². The van der Waals surface area contributed by atoms with E-state index in [9.17, 15) is 4.79 Å². The van der Waals surface area contributed by atoms with Gasteiger partial charge in [0.05, 0.1) is 29.6 Å². The van der Waals surface area contributed by atoms with Gasteiger partial charge in [0, 0.05) is 45.3 Å². The Bertz CT molecular complexity index is 1080. The van der Waals surface area contributed by atoms with Crippen LogP contribution in [0.5, 0.6) is 0 Å². The number of piperazine rings is 1. The highest BCUT2D eigenvalue weighted by Crippen LogP contribution is 2.37. The van der Waals surface area contributed by atoms with Gasteiger partial charge in [0.2, 0.25) is 5.91 Å². The topological polar surface area (TPSA) is 36.0 Å². The van der Waals surface area contributed by atoms with E-state index in [0.717, 1.165) is 63.1 Å². The highest BCUT2D eigenvalue weighted by atomic mass is 35.5. The second-order valence-electron chi connectivity index (χ2n) is 11.0. The molecule has 0 bridgehead atoms. The summed E-state index contributed by atoms with van der Waals surface area (Å²) in [4.78, 5) is 20.7. The molecule has 2 fully saturated rings. The van der Waals surface area contributed by atoms with Gasteiger partial charge >= 0.3 is 0 Å². The van der Waals surface area contributed by atoms with E-state index in [1.54, 1.807) is 0 Å². The Balaban J connectivity index is 1.52. The first-order valence-electron chi connectivity index (χ1n) is 14.2. The van der Waals surface area contributed by atoms with Gasteiger partial charge in [-0.05, 0) is 67.5 Å². The zero-order valence-corrected chi connectivity index (χ0v) is 25.0. The molecule has 2 aliphatic heterocycles. The number of amides is 1. The standard InChI is InChI=1S/C31H43Cl2N3O2/c1-5-24-17-25(6-2)19-26(18-24)20-30(37)36-15-16-38-31(22-36,27-7-8-28(32)29(33)21-27)9-10-34-11-13-35(14-12-34)23(3)4/h7-8,17-19,21,23H,5-6,9-16,20,22H2,1-4H3. The fourth-order valence-corrected chi connectivity index (χ4v) is 6.02. The van der Waals surface area contributed by atoms with Crippen LogP contribution in [0.1, 0.15) is 56.4 Å². The SMILES string of the molecule is CCc1cc(CC)cc(CC(=O)N2CCOC(CCN3CCN(C(C)C)CC3)(c3ccc(Cl)c(Cl)c3)C2)c1. The van der Waals surface area contributed by atoms with E-state index in [2.05, 4.69) is 55.7 Å². The van der Waals surface area contributed by atoms with Crippen molar-refractivity contribution in [3.63, 3.8) is 0 Å². The first-order valence-corrected chi connectivity index (χ1v) is 14.9. The third-order valence-corrected chi connectivity index (χ3v) is 8.98. The number of aryl methyl sites for hydroxylation is 2. The molecule has 0 saturated carbocycles. The van der Waals surface area contributed by atoms with Crippen LogP contribution in [0.15, 0.2) is 36.4 Å². The molecular formula is C31H43Cl2N3O2. The Hall–Kier alpha value is -1.63. The number of hydrogen-bond donors (Lipinski definition) is 0. The van der Waals surface area contributed by atoms with Crippen LogP contribution in [0, 0.1) is 0 Å². The molecule has 5 nitrogen and oxygen atoms in total. The maximum atomic E-state index is 13.6. The van der Waals surface area contributed by atoms with Crippen LogP contribution in [0.2, 0.25) is 10.0 Å². The lowest BCUT2D eigenvalue weighted by molar-refractivity contribution is -0.154. The summed E-state index contributed by atoms with van der Waals surface area (Å²) in [7, 11) is 0. The molecule has 208 valence electrons. The van der Waals surface area contributed by atoms with Gasteiger partial charge in [-0.15, -0.1) is 0 Å². The number of ether oxygens (including phenoxy) is 1. The molecule has 38 heavy (non-hydrogen) atoms. The van der Waals surface area contributed by atoms with Crippen LogP contribution in [0.4, 0.5) is 0 Å². The van der Waals surface area contributed by atoms with Crippen LogP contribution in [-0.2, 0) is 34.4 Å². The molecule has 0 N–H and O–H groups in total. The van der Waals surface area contributed by atoms with E-state index in [1.165, 1.54) is 11.1 Å². The third-order valence-electron chi connectivity index (χ3n) is 8.24. The molecule has 2 aromatic rings. The van der Waals surface area contributed by atoms with Gasteiger partial charge in [0.25, 0.3) is 0 Å². The van der Waals surface area contributed by atoms with Crippen molar-refractivity contribution >= 4 is 29.1 Å². The Kier molecular flexibility index (Phi) is 10.2. The van der Waals surface area contributed by atoms with E-state index >= 15 is 0 Å². The van der Waals surface area contributed by atoms with E-state index in [-0.39, 0.29) is 5.91 Å². The summed E-state index contributed by atoms with van der Waals surface area (Å²) >= 11 is 12.7. The average molecular weight is 561 g/mol. The van der Waals surface area contributed by atoms with Gasteiger partial charge in [-0.3, -0.25) is 9.69 Å². The molecule has 2 aliphatic rings. The van der Waals surface area contributed by atoms with Crippen molar-refractivity contribution in [3.8, 4) is 0 Å². The lowest BCUT2D eigenvalue weighted by Crippen LogP contribution is -2.54. The second kappa shape index (κ2) is 13.1. The number of hydrogen-bond acceptors (Lipinski definition) is 4. The molecule has 0 aromatic heterocycles. The summed E-state index contributed by atoms with van der Waals surface area (Å²) in [5.74, 6) is 0.151. The summed E-state index contributed by atoms with van der Waals surface area (Å²) in [6.07, 6.45) is 3.15. The number of halogens is 2. The molecule has 0 radical (unpaired) electrons. The highest BCUT2D eigenvalue weighted by Gasteiger charge is 2.40. The highest BCUT2D eigenvalue weighted by molar-refractivity contribution is 6.42. The Morgan fingerprint density at radius 1 is 0.921 bits per heavy atom. The van der Waals surface area contributed by atoms with Crippen LogP contribution >= 0.6 is 23.2 Å². The molecule has 7 heteroatoms. The number of carbonyl (C=O) groups excluding carboxylic acids is 1. The fourth-order valence-electron chi connectivity index (χ4n) is 5.72. The van der Waals surface area contributed by atoms with Gasteiger partial charge in [0.1, 0.15) is 5.60 Å². The summed E-state index contributed by atoms with van der Waals surface area (Å²) in [5.41, 5.74) is 4.05. The quantitative estimate of drug-likeness (QED) is 0.387. The smallest absolute Gasteiger partial charge is 0.227 e. The molecule has 2 aromatic carbocycles. The molecule has 0 aliphatic carbocycles. The number of nitrogens with zero attached hydrogens (tertiary/aromatic N) is 3. The molecular weight excluding hydrogens is 517 g/mol. The molecule has 0 spiro atoms. The van der Waals surface area contributed by atoms with Crippen molar-refractivity contribution < 1.29 is 9.53 Å². The van der Waals surface area contributed by atoms with Crippen molar-refractivity contribution in [1.29, 1.82) is 0 Å². The first kappa shape index (κ1) is 29.4. The number of rotatable bonds is 9. The maximum Gasteiger partial charge on any atom is 0.227 e. The van der Waals surface area contributed by atoms with Gasteiger partial charge < -0.3 is 14.5 Å². The fraction of sp³-hybridized carbons (Fsp3) is 0.581. The normalized spacial score (nSPS) is 21.3. The molecule has 1 atom stereocenters. The van der Waals surface area contributed by atoms with E-state index in [0.29, 0.717) is 42.2 Å². The van der Waals surface area contributed by atoms with Crippen molar-refractivity contribution in [1.82, 2.24) is 14.7 Å². The number of carbonyl (C=O) groups is 1. The number of benzene rings is 2. The van der Waals surface area contributed by atoms with Crippen molar-refractivity contribution in [2.75, 3.05) is 52.4 Å². The predicted octanol–water partition coefficient (Wildman–Crippen LogP) is 5.83. The summed E-state index contributed by atoms with van der Waals surface area (Å²) in [6.45, 7) is 15.6. The van der Waals surface area contributed by atoms with Crippen molar-refractivity contribution in [2.24, 2.45) is 0 Å². The monoisotopic (exact) mass is 559 g/mol. The summed E-state index contributed by atoms with van der Waals surface area (Å²) in [6, 6.07) is 13.0. The Labute approximate surface area is 239 Å². The second-order valence-corrected chi connectivity index (χ2v) is 11.9. The van der Waals surface area contributed by atoms with Crippen LogP contribution < -0.4 is 0 Å². The molecule has 4 rings (SSSR count). The zero-order valence-electron chi connectivity index (χ0n) is 23.4. The lowest BCUT2D eigenvalue weighted by atomic mass is 9.87. The third kappa shape index (κ3) is 7.11. The number of morpholine rings is 1. The van der Waals surface area contributed by atoms with Gasteiger partial charge in [0.15, 0.2) is 0 Å². The summed E-state index contributed by atoms with van der Waals surface area (Å²) < 4.78 is 6.57. The first-order chi connectivity index (χ1) is 18.2. The Morgan fingerprint density at radius 2 is 1.58 bits per heavy atom. The zero-order chi connectivity index (χ0) is 27.3. The van der Waals surface area contributed by atoms with Crippen molar-refractivity contribution in [2.45, 2.75) is 65.0 Å². The van der Waals surface area contributed by atoms with Gasteiger partial charge in [-0.2, -0.15) is 0 Å². The Morgan fingerprint density at radius 3 is 2.18 bits per heavy atom. The van der Waals surface area contributed by atoms with Crippen LogP contribution in [0.3, 0.4) is 0 Å². The van der Waals surface area contributed by atoms with E-state index in [1.807, 2.05) is 23.1 Å². The molecule has 1 unspecified atom stereocenters. The molecule has 2 heterocycles. The minimum absolute atomic E-state index is 0.151. The maximum absolute atomic E-state index is 13.6. The molecule has 1 amide bonds. The van der Waals surface area contributed by atoms with Crippen LogP contribution in [0.25, 0.3) is 0 Å². The molecule has 2 saturated heterocycles. The lowest BCUT2D eigenvalue weighted by Gasteiger charge is -2.45. The van der Waals surface area contributed by atoms with E-state index in [4.69, 9.17) is 27.9 Å². The predicted molar refractivity (Wildman–Crippen MR) is 157 cm³/mol. The minimum atomic E-state index is -0.614. The van der Waals surface area contributed by atoms with Crippen molar-refractivity contribution in [3.05, 3.63) is 68.7 Å². The van der Waals surface area contributed by atoms with Gasteiger partial charge in [-0.25, -0.2) is 0 Å². The largest absolute Gasteiger partial charge is 0.367 e.